The van der Waals surface area contributed by atoms with Gasteiger partial charge in [-0.25, -0.2) is 0 Å². The van der Waals surface area contributed by atoms with E-state index >= 15 is 0 Å². The maximum Gasteiger partial charge on any atom is 2.00 e. The Balaban J connectivity index is -0.000000256. The average molecular weight is 362 g/mol. The maximum atomic E-state index is 10.1. The second kappa shape index (κ2) is 16.1. The molecular weight excluding hydrogens is 340 g/mol. The van der Waals surface area contributed by atoms with Crippen LogP contribution in [0.2, 0.25) is 0 Å². The second-order valence-corrected chi connectivity index (χ2v) is 5.42. The number of thioether (sulfide) groups is 2. The van der Waals surface area contributed by atoms with E-state index in [1.165, 1.54) is 0 Å². The summed E-state index contributed by atoms with van der Waals surface area (Å²) in [6.45, 7) is 0. The number of carbonyl (C=O) groups is 2. The van der Waals surface area contributed by atoms with Crippen molar-refractivity contribution in [2.45, 2.75) is 24.9 Å². The SMILES string of the molecule is CSCCC(N)C(=O)O.CSCCC(N)C(=O)O.[Cu+2]. The van der Waals surface area contributed by atoms with Gasteiger partial charge in [-0.05, 0) is 36.9 Å². The van der Waals surface area contributed by atoms with Gasteiger partial charge in [0.05, 0.1) is 0 Å². The van der Waals surface area contributed by atoms with Crippen LogP contribution in [0.1, 0.15) is 12.8 Å². The molecule has 0 aliphatic heterocycles. The molecular formula is C10H22CuN2O4S2+2. The summed E-state index contributed by atoms with van der Waals surface area (Å²) in [5, 5.41) is 16.5. The summed E-state index contributed by atoms with van der Waals surface area (Å²) in [6, 6.07) is -1.37. The van der Waals surface area contributed by atoms with Crippen molar-refractivity contribution in [3.05, 3.63) is 0 Å². The number of carboxylic acids is 2. The second-order valence-electron chi connectivity index (χ2n) is 3.45. The first-order valence-electron chi connectivity index (χ1n) is 5.31. The van der Waals surface area contributed by atoms with Crippen LogP contribution in [-0.4, -0.2) is 58.3 Å². The molecule has 0 aromatic rings. The molecule has 19 heavy (non-hydrogen) atoms. The van der Waals surface area contributed by atoms with Crippen molar-refractivity contribution in [1.82, 2.24) is 0 Å². The van der Waals surface area contributed by atoms with Gasteiger partial charge in [0.25, 0.3) is 0 Å². The molecule has 0 aromatic heterocycles. The predicted molar refractivity (Wildman–Crippen MR) is 77.2 cm³/mol. The largest absolute Gasteiger partial charge is 2.00 e. The van der Waals surface area contributed by atoms with Gasteiger partial charge in [0, 0.05) is 0 Å². The molecule has 0 aromatic carbocycles. The normalized spacial score (nSPS) is 12.4. The van der Waals surface area contributed by atoms with Crippen LogP contribution < -0.4 is 11.5 Å². The van der Waals surface area contributed by atoms with Crippen molar-refractivity contribution in [3.63, 3.8) is 0 Å². The van der Waals surface area contributed by atoms with Crippen LogP contribution >= 0.6 is 23.5 Å². The van der Waals surface area contributed by atoms with Gasteiger partial charge < -0.3 is 21.7 Å². The Morgan fingerprint density at radius 2 is 1.21 bits per heavy atom. The summed E-state index contributed by atoms with van der Waals surface area (Å²) in [7, 11) is 0. The quantitative estimate of drug-likeness (QED) is 0.454. The summed E-state index contributed by atoms with van der Waals surface area (Å²) in [5.41, 5.74) is 10.4. The van der Waals surface area contributed by atoms with E-state index in [0.717, 1.165) is 11.5 Å². The summed E-state index contributed by atoms with van der Waals surface area (Å²) >= 11 is 3.21. The van der Waals surface area contributed by atoms with E-state index in [-0.39, 0.29) is 17.1 Å². The number of rotatable bonds is 8. The third-order valence-electron chi connectivity index (χ3n) is 1.90. The minimum Gasteiger partial charge on any atom is -0.480 e. The molecule has 0 bridgehead atoms. The van der Waals surface area contributed by atoms with Crippen LogP contribution in [0, 0.1) is 0 Å². The summed E-state index contributed by atoms with van der Waals surface area (Å²) in [6.07, 6.45) is 4.95. The van der Waals surface area contributed by atoms with E-state index in [4.69, 9.17) is 21.7 Å². The standard InChI is InChI=1S/2C5H11NO2S.Cu/c2*1-9-3-2-4(6)5(7)8;/h2*4H,2-3,6H2,1H3,(H,7,8);/q;;+2. The first-order valence-corrected chi connectivity index (χ1v) is 8.10. The molecule has 0 rings (SSSR count). The molecule has 0 heterocycles. The van der Waals surface area contributed by atoms with Gasteiger partial charge in [0.2, 0.25) is 0 Å². The molecule has 6 nitrogen and oxygen atoms in total. The van der Waals surface area contributed by atoms with Crippen molar-refractivity contribution in [2.24, 2.45) is 11.5 Å². The fourth-order valence-corrected chi connectivity index (χ4v) is 1.72. The van der Waals surface area contributed by atoms with Gasteiger partial charge in [-0.2, -0.15) is 23.5 Å². The van der Waals surface area contributed by atoms with Gasteiger partial charge >= 0.3 is 29.0 Å². The van der Waals surface area contributed by atoms with Crippen molar-refractivity contribution >= 4 is 35.5 Å². The molecule has 2 unspecified atom stereocenters. The van der Waals surface area contributed by atoms with E-state index in [9.17, 15) is 9.59 Å². The van der Waals surface area contributed by atoms with Crippen LogP contribution in [0.4, 0.5) is 0 Å². The average Bonchev–Trinajstić information content (AvgIpc) is 2.33. The van der Waals surface area contributed by atoms with Gasteiger partial charge in [0.1, 0.15) is 12.1 Å². The van der Waals surface area contributed by atoms with E-state index < -0.39 is 24.0 Å². The first kappa shape index (κ1) is 24.1. The zero-order valence-electron chi connectivity index (χ0n) is 11.0. The predicted octanol–water partition coefficient (Wildman–Crippen LogP) is 0.300. The molecule has 0 fully saturated rings. The van der Waals surface area contributed by atoms with Gasteiger partial charge in [-0.3, -0.25) is 9.59 Å². The van der Waals surface area contributed by atoms with E-state index in [2.05, 4.69) is 0 Å². The molecule has 6 N–H and O–H groups in total. The number of nitrogens with two attached hydrogens (primary N) is 2. The molecule has 0 aliphatic carbocycles. The van der Waals surface area contributed by atoms with Crippen LogP contribution in [0.15, 0.2) is 0 Å². The van der Waals surface area contributed by atoms with Gasteiger partial charge in [0.15, 0.2) is 0 Å². The fourth-order valence-electron chi connectivity index (χ4n) is 0.737. The third-order valence-corrected chi connectivity index (χ3v) is 3.19. The maximum absolute atomic E-state index is 10.1. The Morgan fingerprint density at radius 3 is 1.37 bits per heavy atom. The Hall–Kier alpha value is 0.0795. The molecule has 2 atom stereocenters. The van der Waals surface area contributed by atoms with Crippen molar-refractivity contribution in [1.29, 1.82) is 0 Å². The number of hydrogen-bond acceptors (Lipinski definition) is 6. The molecule has 9 heteroatoms. The van der Waals surface area contributed by atoms with Gasteiger partial charge in [-0.15, -0.1) is 0 Å². The Bertz CT molecular complexity index is 224. The monoisotopic (exact) mass is 361 g/mol. The minimum atomic E-state index is -0.913. The molecule has 0 aliphatic rings. The summed E-state index contributed by atoms with van der Waals surface area (Å²) in [5.74, 6) is -0.200. The molecule has 0 saturated carbocycles. The van der Waals surface area contributed by atoms with Crippen molar-refractivity contribution in [3.8, 4) is 0 Å². The Kier molecular flexibility index (Phi) is 20.5. The summed E-state index contributed by atoms with van der Waals surface area (Å²) < 4.78 is 0. The molecule has 0 saturated heterocycles. The van der Waals surface area contributed by atoms with E-state index in [1.807, 2.05) is 12.5 Å². The molecule has 117 valence electrons. The van der Waals surface area contributed by atoms with Crippen molar-refractivity contribution in [2.75, 3.05) is 24.0 Å². The Morgan fingerprint density at radius 1 is 0.947 bits per heavy atom. The van der Waals surface area contributed by atoms with E-state index in [0.29, 0.717) is 12.8 Å². The molecule has 0 spiro atoms. The minimum absolute atomic E-state index is 0. The molecule has 0 amide bonds. The Labute approximate surface area is 132 Å². The van der Waals surface area contributed by atoms with Crippen LogP contribution in [-0.2, 0) is 26.7 Å². The smallest absolute Gasteiger partial charge is 0.480 e. The van der Waals surface area contributed by atoms with Crippen molar-refractivity contribution < 1.29 is 36.9 Å². The van der Waals surface area contributed by atoms with Crippen LogP contribution in [0.3, 0.4) is 0 Å². The van der Waals surface area contributed by atoms with Gasteiger partial charge in [-0.1, -0.05) is 0 Å². The zero-order valence-corrected chi connectivity index (χ0v) is 13.5. The zero-order chi connectivity index (χ0) is 14.6. The number of hydrogen-bond donors (Lipinski definition) is 4. The fraction of sp³-hybridized carbons (Fsp3) is 0.800. The molecule has 1 radical (unpaired) electrons. The third kappa shape index (κ3) is 18.1. The van der Waals surface area contributed by atoms with Crippen LogP contribution in [0.25, 0.3) is 0 Å². The van der Waals surface area contributed by atoms with E-state index in [1.54, 1.807) is 23.5 Å². The number of aliphatic carboxylic acids is 2. The number of carboxylic acid groups (broad SMARTS) is 2. The first-order chi connectivity index (χ1) is 8.36. The summed E-state index contributed by atoms with van der Waals surface area (Å²) in [4.78, 5) is 20.1. The topological polar surface area (TPSA) is 127 Å². The van der Waals surface area contributed by atoms with Crippen LogP contribution in [0.5, 0.6) is 0 Å².